The summed E-state index contributed by atoms with van der Waals surface area (Å²) in [7, 11) is -2.86. The van der Waals surface area contributed by atoms with Crippen molar-refractivity contribution in [3.8, 4) is 5.75 Å². The number of carbonyl (C=O) groups is 1. The van der Waals surface area contributed by atoms with Crippen molar-refractivity contribution in [2.75, 3.05) is 20.3 Å². The molecule has 1 aromatic carbocycles. The monoisotopic (exact) mass is 334 g/mol. The topological polar surface area (TPSA) is 105 Å². The van der Waals surface area contributed by atoms with E-state index in [2.05, 4.69) is 10.0 Å². The van der Waals surface area contributed by atoms with Gasteiger partial charge in [0.1, 0.15) is 16.5 Å². The third-order valence-electron chi connectivity index (χ3n) is 2.77. The maximum Gasteiger partial charge on any atom is 0.245 e. The number of amides is 1. The van der Waals surface area contributed by atoms with E-state index in [-0.39, 0.29) is 23.8 Å². The van der Waals surface area contributed by atoms with Crippen LogP contribution in [0.1, 0.15) is 13.3 Å². The van der Waals surface area contributed by atoms with Crippen LogP contribution in [0.4, 0.5) is 4.39 Å². The van der Waals surface area contributed by atoms with Gasteiger partial charge in [0.05, 0.1) is 13.2 Å². The average Bonchev–Trinajstić information content (AvgIpc) is 2.46. The molecule has 3 N–H and O–H groups in total. The van der Waals surface area contributed by atoms with Crippen molar-refractivity contribution in [1.82, 2.24) is 10.0 Å². The fourth-order valence-electron chi connectivity index (χ4n) is 1.65. The highest BCUT2D eigenvalue weighted by atomic mass is 32.2. The van der Waals surface area contributed by atoms with Gasteiger partial charge >= 0.3 is 0 Å². The highest BCUT2D eigenvalue weighted by Gasteiger charge is 2.25. The van der Waals surface area contributed by atoms with Crippen LogP contribution < -0.4 is 14.8 Å². The van der Waals surface area contributed by atoms with Crippen LogP contribution in [0.25, 0.3) is 0 Å². The average molecular weight is 334 g/mol. The van der Waals surface area contributed by atoms with E-state index < -0.39 is 27.8 Å². The first-order valence-corrected chi connectivity index (χ1v) is 8.04. The Balaban J connectivity index is 2.87. The first kappa shape index (κ1) is 18.3. The molecule has 0 saturated carbocycles. The molecule has 0 bridgehead atoms. The van der Waals surface area contributed by atoms with Gasteiger partial charge in [-0.15, -0.1) is 0 Å². The second-order valence-electron chi connectivity index (χ2n) is 4.51. The number of sulfonamides is 1. The SMILES string of the molecule is COc1ccc(F)cc1S(=O)(=O)NC(C)C(=O)NCCCO. The summed E-state index contributed by atoms with van der Waals surface area (Å²) in [4.78, 5) is 11.3. The smallest absolute Gasteiger partial charge is 0.245 e. The predicted molar refractivity (Wildman–Crippen MR) is 77.4 cm³/mol. The summed E-state index contributed by atoms with van der Waals surface area (Å²) in [6, 6.07) is 2.02. The number of rotatable bonds is 8. The largest absolute Gasteiger partial charge is 0.495 e. The number of methoxy groups -OCH3 is 1. The molecular weight excluding hydrogens is 315 g/mol. The van der Waals surface area contributed by atoms with E-state index >= 15 is 0 Å². The first-order valence-electron chi connectivity index (χ1n) is 6.56. The van der Waals surface area contributed by atoms with E-state index in [0.29, 0.717) is 6.42 Å². The molecule has 1 amide bonds. The van der Waals surface area contributed by atoms with Crippen LogP contribution in [-0.4, -0.2) is 45.7 Å². The molecule has 0 saturated heterocycles. The lowest BCUT2D eigenvalue weighted by Crippen LogP contribution is -2.45. The zero-order chi connectivity index (χ0) is 16.8. The summed E-state index contributed by atoms with van der Waals surface area (Å²) < 4.78 is 44.8. The number of hydrogen-bond donors (Lipinski definition) is 3. The summed E-state index contributed by atoms with van der Waals surface area (Å²) >= 11 is 0. The van der Waals surface area contributed by atoms with Crippen LogP contribution >= 0.6 is 0 Å². The third kappa shape index (κ3) is 4.93. The number of nitrogens with one attached hydrogen (secondary N) is 2. The lowest BCUT2D eigenvalue weighted by atomic mass is 10.3. The van der Waals surface area contributed by atoms with Gasteiger partial charge in [-0.25, -0.2) is 12.8 Å². The van der Waals surface area contributed by atoms with E-state index in [9.17, 15) is 17.6 Å². The number of ether oxygens (including phenoxy) is 1. The van der Waals surface area contributed by atoms with E-state index in [0.717, 1.165) is 12.1 Å². The summed E-state index contributed by atoms with van der Waals surface area (Å²) in [6.45, 7) is 1.50. The molecule has 1 atom stereocenters. The second kappa shape index (κ2) is 8.06. The van der Waals surface area contributed by atoms with Gasteiger partial charge in [0.25, 0.3) is 0 Å². The van der Waals surface area contributed by atoms with E-state index in [1.54, 1.807) is 0 Å². The molecule has 22 heavy (non-hydrogen) atoms. The minimum Gasteiger partial charge on any atom is -0.495 e. The summed E-state index contributed by atoms with van der Waals surface area (Å²) in [5.74, 6) is -1.31. The molecule has 0 spiro atoms. The molecule has 0 aliphatic rings. The van der Waals surface area contributed by atoms with Gasteiger partial charge in [-0.05, 0) is 31.5 Å². The van der Waals surface area contributed by atoms with Gasteiger partial charge in [0, 0.05) is 13.2 Å². The van der Waals surface area contributed by atoms with Crippen LogP contribution in [0.3, 0.4) is 0 Å². The Morgan fingerprint density at radius 3 is 2.73 bits per heavy atom. The molecule has 9 heteroatoms. The Hall–Kier alpha value is -1.71. The Bertz CT molecular complexity index is 621. The van der Waals surface area contributed by atoms with Crippen molar-refractivity contribution in [1.29, 1.82) is 0 Å². The van der Waals surface area contributed by atoms with Gasteiger partial charge < -0.3 is 15.2 Å². The normalized spacial score (nSPS) is 12.7. The van der Waals surface area contributed by atoms with Crippen molar-refractivity contribution in [3.05, 3.63) is 24.0 Å². The van der Waals surface area contributed by atoms with Crippen molar-refractivity contribution >= 4 is 15.9 Å². The van der Waals surface area contributed by atoms with Crippen molar-refractivity contribution in [2.24, 2.45) is 0 Å². The first-order chi connectivity index (χ1) is 10.3. The Kier molecular flexibility index (Phi) is 6.72. The second-order valence-corrected chi connectivity index (χ2v) is 6.19. The Morgan fingerprint density at radius 2 is 2.14 bits per heavy atom. The highest BCUT2D eigenvalue weighted by molar-refractivity contribution is 7.89. The van der Waals surface area contributed by atoms with Crippen LogP contribution in [-0.2, 0) is 14.8 Å². The van der Waals surface area contributed by atoms with Gasteiger partial charge in [0.2, 0.25) is 15.9 Å². The van der Waals surface area contributed by atoms with Crippen molar-refractivity contribution < 1.29 is 27.4 Å². The molecular formula is C13H19FN2O5S. The van der Waals surface area contributed by atoms with Gasteiger partial charge in [-0.3, -0.25) is 4.79 Å². The molecule has 1 rings (SSSR count). The molecule has 0 aliphatic heterocycles. The zero-order valence-electron chi connectivity index (χ0n) is 12.3. The molecule has 0 radical (unpaired) electrons. The van der Waals surface area contributed by atoms with Crippen LogP contribution in [0.5, 0.6) is 5.75 Å². The minimum atomic E-state index is -4.13. The predicted octanol–water partition coefficient (Wildman–Crippen LogP) is -0.000300. The number of aliphatic hydroxyl groups is 1. The van der Waals surface area contributed by atoms with E-state index in [1.165, 1.54) is 20.1 Å². The quantitative estimate of drug-likeness (QED) is 0.581. The lowest BCUT2D eigenvalue weighted by molar-refractivity contribution is -0.122. The van der Waals surface area contributed by atoms with Crippen LogP contribution in [0, 0.1) is 5.82 Å². The molecule has 124 valence electrons. The van der Waals surface area contributed by atoms with Gasteiger partial charge in [-0.2, -0.15) is 4.72 Å². The van der Waals surface area contributed by atoms with Gasteiger partial charge in [0.15, 0.2) is 0 Å². The maximum absolute atomic E-state index is 13.3. The summed E-state index contributed by atoms with van der Waals surface area (Å²) in [6.07, 6.45) is 0.364. The zero-order valence-corrected chi connectivity index (χ0v) is 13.1. The molecule has 7 nitrogen and oxygen atoms in total. The highest BCUT2D eigenvalue weighted by Crippen LogP contribution is 2.24. The number of benzene rings is 1. The fourth-order valence-corrected chi connectivity index (χ4v) is 3.04. The van der Waals surface area contributed by atoms with Crippen molar-refractivity contribution in [2.45, 2.75) is 24.3 Å². The Morgan fingerprint density at radius 1 is 1.45 bits per heavy atom. The molecule has 1 unspecified atom stereocenters. The minimum absolute atomic E-state index is 0.0261. The fraction of sp³-hybridized carbons (Fsp3) is 0.462. The van der Waals surface area contributed by atoms with E-state index in [4.69, 9.17) is 9.84 Å². The summed E-state index contributed by atoms with van der Waals surface area (Å²) in [5.41, 5.74) is 0. The lowest BCUT2D eigenvalue weighted by Gasteiger charge is -2.15. The maximum atomic E-state index is 13.3. The summed E-state index contributed by atoms with van der Waals surface area (Å²) in [5, 5.41) is 11.1. The van der Waals surface area contributed by atoms with Crippen LogP contribution in [0.2, 0.25) is 0 Å². The van der Waals surface area contributed by atoms with Crippen LogP contribution in [0.15, 0.2) is 23.1 Å². The molecule has 0 aliphatic carbocycles. The standard InChI is InChI=1S/C13H19FN2O5S/c1-9(13(18)15-6-3-7-17)16-22(19,20)12-8-10(14)4-5-11(12)21-2/h4-5,8-9,16-17H,3,6-7H2,1-2H3,(H,15,18). The molecule has 0 aromatic heterocycles. The molecule has 0 fully saturated rings. The Labute approximate surface area is 128 Å². The van der Waals surface area contributed by atoms with E-state index in [1.807, 2.05) is 0 Å². The molecule has 0 heterocycles. The van der Waals surface area contributed by atoms with Gasteiger partial charge in [-0.1, -0.05) is 0 Å². The molecule has 1 aromatic rings. The van der Waals surface area contributed by atoms with Crippen molar-refractivity contribution in [3.63, 3.8) is 0 Å². The number of carbonyl (C=O) groups excluding carboxylic acids is 1. The number of aliphatic hydroxyl groups excluding tert-OH is 1. The third-order valence-corrected chi connectivity index (χ3v) is 4.34. The number of halogens is 1. The number of hydrogen-bond acceptors (Lipinski definition) is 5.